The minimum atomic E-state index is -0.208. The number of amides is 1. The Morgan fingerprint density at radius 2 is 2.05 bits per heavy atom. The number of methoxy groups -OCH3 is 1. The number of rotatable bonds is 5. The standard InChI is InChI=1S/C14H17N5O2/c1-19(2)14-16-7-5-11(18-14)9-17-13(20)10-4-6-15-12(8-10)21-3/h4-8H,9H2,1-3H3,(H,17,20). The number of pyridine rings is 1. The zero-order valence-corrected chi connectivity index (χ0v) is 12.2. The van der Waals surface area contributed by atoms with Gasteiger partial charge in [0.1, 0.15) is 0 Å². The van der Waals surface area contributed by atoms with Gasteiger partial charge in [-0.2, -0.15) is 0 Å². The predicted molar refractivity (Wildman–Crippen MR) is 78.3 cm³/mol. The van der Waals surface area contributed by atoms with Crippen LogP contribution in [0.1, 0.15) is 16.1 Å². The maximum atomic E-state index is 12.1. The number of hydrogen-bond acceptors (Lipinski definition) is 6. The van der Waals surface area contributed by atoms with Crippen LogP contribution in [-0.2, 0) is 6.54 Å². The smallest absolute Gasteiger partial charge is 0.251 e. The van der Waals surface area contributed by atoms with Gasteiger partial charge in [-0.05, 0) is 12.1 Å². The molecule has 0 saturated carbocycles. The van der Waals surface area contributed by atoms with Gasteiger partial charge < -0.3 is 15.0 Å². The molecule has 0 aliphatic carbocycles. The molecule has 0 unspecified atom stereocenters. The van der Waals surface area contributed by atoms with Crippen molar-refractivity contribution in [1.82, 2.24) is 20.3 Å². The summed E-state index contributed by atoms with van der Waals surface area (Å²) < 4.78 is 4.99. The van der Waals surface area contributed by atoms with Gasteiger partial charge in [-0.25, -0.2) is 15.0 Å². The zero-order valence-electron chi connectivity index (χ0n) is 12.2. The monoisotopic (exact) mass is 287 g/mol. The van der Waals surface area contributed by atoms with Crippen molar-refractivity contribution in [3.63, 3.8) is 0 Å². The van der Waals surface area contributed by atoms with Crippen LogP contribution in [0.3, 0.4) is 0 Å². The fourth-order valence-corrected chi connectivity index (χ4v) is 1.63. The van der Waals surface area contributed by atoms with E-state index in [0.717, 1.165) is 5.69 Å². The van der Waals surface area contributed by atoms with Gasteiger partial charge in [0.25, 0.3) is 5.91 Å². The van der Waals surface area contributed by atoms with E-state index in [2.05, 4.69) is 20.3 Å². The number of anilines is 1. The van der Waals surface area contributed by atoms with E-state index in [0.29, 0.717) is 23.9 Å². The highest BCUT2D eigenvalue weighted by Gasteiger charge is 2.08. The van der Waals surface area contributed by atoms with E-state index in [4.69, 9.17) is 4.74 Å². The van der Waals surface area contributed by atoms with Gasteiger partial charge in [-0.3, -0.25) is 4.79 Å². The van der Waals surface area contributed by atoms with Crippen LogP contribution in [0.25, 0.3) is 0 Å². The Kier molecular flexibility index (Phi) is 4.65. The minimum Gasteiger partial charge on any atom is -0.481 e. The number of carbonyl (C=O) groups excluding carboxylic acids is 1. The van der Waals surface area contributed by atoms with E-state index in [1.807, 2.05) is 14.1 Å². The normalized spacial score (nSPS) is 10.0. The topological polar surface area (TPSA) is 80.2 Å². The highest BCUT2D eigenvalue weighted by atomic mass is 16.5. The molecule has 2 aromatic heterocycles. The molecule has 0 aliphatic rings. The summed E-state index contributed by atoms with van der Waals surface area (Å²) >= 11 is 0. The second-order valence-corrected chi connectivity index (χ2v) is 4.51. The van der Waals surface area contributed by atoms with Crippen LogP contribution in [0, 0.1) is 0 Å². The summed E-state index contributed by atoms with van der Waals surface area (Å²) in [6.07, 6.45) is 3.20. The van der Waals surface area contributed by atoms with Crippen molar-refractivity contribution in [2.45, 2.75) is 6.54 Å². The third-order valence-electron chi connectivity index (χ3n) is 2.74. The molecule has 0 saturated heterocycles. The third-order valence-corrected chi connectivity index (χ3v) is 2.74. The van der Waals surface area contributed by atoms with Crippen LogP contribution in [0.4, 0.5) is 5.95 Å². The van der Waals surface area contributed by atoms with Gasteiger partial charge in [-0.1, -0.05) is 0 Å². The van der Waals surface area contributed by atoms with Crippen LogP contribution in [0.15, 0.2) is 30.6 Å². The number of nitrogens with zero attached hydrogens (tertiary/aromatic N) is 4. The first kappa shape index (κ1) is 14.7. The van der Waals surface area contributed by atoms with E-state index < -0.39 is 0 Å². The van der Waals surface area contributed by atoms with Crippen molar-refractivity contribution >= 4 is 11.9 Å². The first-order chi connectivity index (χ1) is 10.1. The second kappa shape index (κ2) is 6.65. The summed E-state index contributed by atoms with van der Waals surface area (Å²) in [4.78, 5) is 26.3. The molecule has 0 bridgehead atoms. The lowest BCUT2D eigenvalue weighted by molar-refractivity contribution is 0.0950. The Labute approximate surface area is 123 Å². The predicted octanol–water partition coefficient (Wildman–Crippen LogP) is 0.876. The van der Waals surface area contributed by atoms with E-state index >= 15 is 0 Å². The summed E-state index contributed by atoms with van der Waals surface area (Å²) in [6, 6.07) is 4.98. The average Bonchev–Trinajstić information content (AvgIpc) is 2.53. The highest BCUT2D eigenvalue weighted by molar-refractivity contribution is 5.94. The second-order valence-electron chi connectivity index (χ2n) is 4.51. The average molecular weight is 287 g/mol. The SMILES string of the molecule is COc1cc(C(=O)NCc2ccnc(N(C)C)n2)ccn1. The third kappa shape index (κ3) is 3.88. The number of nitrogens with one attached hydrogen (secondary N) is 1. The molecule has 0 fully saturated rings. The van der Waals surface area contributed by atoms with Gasteiger partial charge in [0, 0.05) is 38.1 Å². The van der Waals surface area contributed by atoms with Gasteiger partial charge in [0.2, 0.25) is 11.8 Å². The minimum absolute atomic E-state index is 0.208. The van der Waals surface area contributed by atoms with Crippen molar-refractivity contribution in [3.05, 3.63) is 41.9 Å². The molecule has 2 heterocycles. The molecule has 2 aromatic rings. The lowest BCUT2D eigenvalue weighted by Crippen LogP contribution is -2.24. The molecule has 7 nitrogen and oxygen atoms in total. The van der Waals surface area contributed by atoms with Crippen molar-refractivity contribution < 1.29 is 9.53 Å². The first-order valence-electron chi connectivity index (χ1n) is 6.37. The van der Waals surface area contributed by atoms with Crippen LogP contribution < -0.4 is 15.0 Å². The Morgan fingerprint density at radius 3 is 2.76 bits per heavy atom. The van der Waals surface area contributed by atoms with Gasteiger partial charge in [0.05, 0.1) is 19.3 Å². The van der Waals surface area contributed by atoms with E-state index in [9.17, 15) is 4.79 Å². The molecule has 0 aromatic carbocycles. The summed E-state index contributed by atoms with van der Waals surface area (Å²) in [5, 5.41) is 2.80. The number of ether oxygens (including phenoxy) is 1. The molecule has 110 valence electrons. The maximum absolute atomic E-state index is 12.1. The van der Waals surface area contributed by atoms with E-state index in [-0.39, 0.29) is 5.91 Å². The van der Waals surface area contributed by atoms with Gasteiger partial charge in [-0.15, -0.1) is 0 Å². The van der Waals surface area contributed by atoms with Crippen LogP contribution in [0.2, 0.25) is 0 Å². The fraction of sp³-hybridized carbons (Fsp3) is 0.286. The summed E-state index contributed by atoms with van der Waals surface area (Å²) in [6.45, 7) is 0.326. The molecule has 0 radical (unpaired) electrons. The summed E-state index contributed by atoms with van der Waals surface area (Å²) in [5.74, 6) is 0.799. The first-order valence-corrected chi connectivity index (χ1v) is 6.37. The molecular weight excluding hydrogens is 270 g/mol. The van der Waals surface area contributed by atoms with Crippen molar-refractivity contribution in [2.24, 2.45) is 0 Å². The largest absolute Gasteiger partial charge is 0.481 e. The van der Waals surface area contributed by atoms with E-state index in [1.165, 1.54) is 13.3 Å². The number of aromatic nitrogens is 3. The molecular formula is C14H17N5O2. The van der Waals surface area contributed by atoms with Crippen LogP contribution in [-0.4, -0.2) is 42.1 Å². The van der Waals surface area contributed by atoms with Gasteiger partial charge >= 0.3 is 0 Å². The van der Waals surface area contributed by atoms with E-state index in [1.54, 1.807) is 29.3 Å². The number of carbonyl (C=O) groups is 1. The Morgan fingerprint density at radius 1 is 1.29 bits per heavy atom. The lowest BCUT2D eigenvalue weighted by atomic mass is 10.2. The van der Waals surface area contributed by atoms with Crippen molar-refractivity contribution in [3.8, 4) is 5.88 Å². The molecule has 1 N–H and O–H groups in total. The molecule has 7 heteroatoms. The fourth-order valence-electron chi connectivity index (χ4n) is 1.63. The molecule has 0 spiro atoms. The summed E-state index contributed by atoms with van der Waals surface area (Å²) in [7, 11) is 5.23. The Hall–Kier alpha value is -2.70. The molecule has 0 aliphatic heterocycles. The quantitative estimate of drug-likeness (QED) is 0.879. The molecule has 1 amide bonds. The molecule has 0 atom stereocenters. The molecule has 21 heavy (non-hydrogen) atoms. The lowest BCUT2D eigenvalue weighted by Gasteiger charge is -2.11. The highest BCUT2D eigenvalue weighted by Crippen LogP contribution is 2.09. The van der Waals surface area contributed by atoms with Gasteiger partial charge in [0.15, 0.2) is 0 Å². The summed E-state index contributed by atoms with van der Waals surface area (Å²) in [5.41, 5.74) is 1.23. The maximum Gasteiger partial charge on any atom is 0.251 e. The van der Waals surface area contributed by atoms with Crippen molar-refractivity contribution in [2.75, 3.05) is 26.1 Å². The Balaban J connectivity index is 2.02. The number of hydrogen-bond donors (Lipinski definition) is 1. The zero-order chi connectivity index (χ0) is 15.2. The van der Waals surface area contributed by atoms with Crippen LogP contribution >= 0.6 is 0 Å². The van der Waals surface area contributed by atoms with Crippen LogP contribution in [0.5, 0.6) is 5.88 Å². The van der Waals surface area contributed by atoms with Crippen molar-refractivity contribution in [1.29, 1.82) is 0 Å². The Bertz CT molecular complexity index is 630. The molecule has 2 rings (SSSR count).